The summed E-state index contributed by atoms with van der Waals surface area (Å²) >= 11 is 0. The molecule has 0 radical (unpaired) electrons. The lowest BCUT2D eigenvalue weighted by Gasteiger charge is -2.22. The largest absolute Gasteiger partial charge is 0.387 e. The SMILES string of the molecule is CCCC1(C)NC(=O)N(CC(O)c2ccccc2)C1=O. The first kappa shape index (κ1) is 14.5. The first-order chi connectivity index (χ1) is 9.48. The highest BCUT2D eigenvalue weighted by Gasteiger charge is 2.47. The minimum Gasteiger partial charge on any atom is -0.387 e. The first-order valence-electron chi connectivity index (χ1n) is 6.85. The van der Waals surface area contributed by atoms with Gasteiger partial charge in [-0.05, 0) is 18.9 Å². The lowest BCUT2D eigenvalue weighted by molar-refractivity contribution is -0.132. The van der Waals surface area contributed by atoms with E-state index in [0.717, 1.165) is 11.3 Å². The van der Waals surface area contributed by atoms with Gasteiger partial charge < -0.3 is 10.4 Å². The minimum atomic E-state index is -0.866. The van der Waals surface area contributed by atoms with Crippen molar-refractivity contribution in [3.8, 4) is 0 Å². The highest BCUT2D eigenvalue weighted by atomic mass is 16.3. The zero-order valence-corrected chi connectivity index (χ0v) is 11.8. The third-order valence-corrected chi connectivity index (χ3v) is 3.64. The number of rotatable bonds is 5. The molecule has 1 aromatic carbocycles. The number of hydrogen-bond acceptors (Lipinski definition) is 3. The molecule has 2 unspecified atom stereocenters. The number of benzene rings is 1. The molecule has 1 saturated heterocycles. The van der Waals surface area contributed by atoms with E-state index in [1.165, 1.54) is 0 Å². The molecule has 1 aromatic rings. The van der Waals surface area contributed by atoms with Crippen LogP contribution in [0.3, 0.4) is 0 Å². The maximum Gasteiger partial charge on any atom is 0.325 e. The van der Waals surface area contributed by atoms with E-state index in [-0.39, 0.29) is 12.5 Å². The Morgan fingerprint density at radius 3 is 2.55 bits per heavy atom. The quantitative estimate of drug-likeness (QED) is 0.806. The predicted octanol–water partition coefficient (Wildman–Crippen LogP) is 1.83. The number of carbonyl (C=O) groups is 2. The summed E-state index contributed by atoms with van der Waals surface area (Å²) in [4.78, 5) is 25.4. The van der Waals surface area contributed by atoms with E-state index >= 15 is 0 Å². The van der Waals surface area contributed by atoms with Crippen LogP contribution in [0.4, 0.5) is 4.79 Å². The molecular weight excluding hydrogens is 256 g/mol. The second-order valence-electron chi connectivity index (χ2n) is 5.35. The molecule has 2 N–H and O–H groups in total. The smallest absolute Gasteiger partial charge is 0.325 e. The van der Waals surface area contributed by atoms with Gasteiger partial charge in [0.15, 0.2) is 0 Å². The monoisotopic (exact) mass is 276 g/mol. The Labute approximate surface area is 118 Å². The molecule has 5 heteroatoms. The van der Waals surface area contributed by atoms with Crippen LogP contribution in [0.15, 0.2) is 30.3 Å². The number of hydrogen-bond donors (Lipinski definition) is 2. The van der Waals surface area contributed by atoms with Crippen molar-refractivity contribution < 1.29 is 14.7 Å². The van der Waals surface area contributed by atoms with Crippen LogP contribution >= 0.6 is 0 Å². The van der Waals surface area contributed by atoms with E-state index in [9.17, 15) is 14.7 Å². The average Bonchev–Trinajstić information content (AvgIpc) is 2.64. The van der Waals surface area contributed by atoms with E-state index < -0.39 is 17.7 Å². The summed E-state index contributed by atoms with van der Waals surface area (Å²) < 4.78 is 0. The van der Waals surface area contributed by atoms with Crippen LogP contribution < -0.4 is 5.32 Å². The highest BCUT2D eigenvalue weighted by molar-refractivity contribution is 6.06. The van der Waals surface area contributed by atoms with E-state index in [1.54, 1.807) is 19.1 Å². The Morgan fingerprint density at radius 1 is 1.30 bits per heavy atom. The molecule has 20 heavy (non-hydrogen) atoms. The van der Waals surface area contributed by atoms with Crippen LogP contribution in [-0.2, 0) is 4.79 Å². The van der Waals surface area contributed by atoms with Gasteiger partial charge in [0.05, 0.1) is 12.6 Å². The number of nitrogens with one attached hydrogen (secondary N) is 1. The van der Waals surface area contributed by atoms with Crippen LogP contribution in [0.1, 0.15) is 38.4 Å². The second kappa shape index (κ2) is 5.63. The van der Waals surface area contributed by atoms with Crippen LogP contribution in [0.25, 0.3) is 0 Å². The lowest BCUT2D eigenvalue weighted by atomic mass is 9.96. The summed E-state index contributed by atoms with van der Waals surface area (Å²) in [6.07, 6.45) is 0.530. The molecule has 2 atom stereocenters. The topological polar surface area (TPSA) is 69.6 Å². The van der Waals surface area contributed by atoms with E-state index in [4.69, 9.17) is 0 Å². The van der Waals surface area contributed by atoms with Crippen LogP contribution in [-0.4, -0.2) is 34.0 Å². The molecule has 0 saturated carbocycles. The Kier molecular flexibility index (Phi) is 4.09. The fraction of sp³-hybridized carbons (Fsp3) is 0.467. The van der Waals surface area contributed by atoms with Gasteiger partial charge in [-0.3, -0.25) is 9.69 Å². The number of aliphatic hydroxyl groups excluding tert-OH is 1. The third-order valence-electron chi connectivity index (χ3n) is 3.64. The van der Waals surface area contributed by atoms with Gasteiger partial charge >= 0.3 is 6.03 Å². The molecule has 1 aliphatic heterocycles. The zero-order valence-electron chi connectivity index (χ0n) is 11.8. The van der Waals surface area contributed by atoms with Gasteiger partial charge in [0.2, 0.25) is 0 Å². The summed E-state index contributed by atoms with van der Waals surface area (Å²) in [6, 6.07) is 8.59. The Balaban J connectivity index is 2.10. The number of β-amino-alcohol motifs (C(OH)–C–C–N with tert-alkyl or cyclic N) is 1. The average molecular weight is 276 g/mol. The van der Waals surface area contributed by atoms with Gasteiger partial charge in [-0.15, -0.1) is 0 Å². The highest BCUT2D eigenvalue weighted by Crippen LogP contribution is 2.24. The number of imide groups is 1. The zero-order chi connectivity index (χ0) is 14.8. The standard InChI is InChI=1S/C15H20N2O3/c1-3-9-15(2)13(19)17(14(20)16-15)10-12(18)11-7-5-4-6-8-11/h4-8,12,18H,3,9-10H2,1-2H3,(H,16,20). The van der Waals surface area contributed by atoms with E-state index in [1.807, 2.05) is 25.1 Å². The summed E-state index contributed by atoms with van der Waals surface area (Å²) in [5.41, 5.74) is -0.153. The Bertz CT molecular complexity index is 503. The molecule has 0 aromatic heterocycles. The molecule has 0 spiro atoms. The van der Waals surface area contributed by atoms with Crippen molar-refractivity contribution in [3.05, 3.63) is 35.9 Å². The normalized spacial score (nSPS) is 23.9. The Hall–Kier alpha value is -1.88. The van der Waals surface area contributed by atoms with Gasteiger partial charge in [0.25, 0.3) is 5.91 Å². The number of amides is 3. The predicted molar refractivity (Wildman–Crippen MR) is 75.0 cm³/mol. The minimum absolute atomic E-state index is 0.0199. The molecule has 1 fully saturated rings. The molecular formula is C15H20N2O3. The number of aliphatic hydroxyl groups is 1. The van der Waals surface area contributed by atoms with Crippen molar-refractivity contribution >= 4 is 11.9 Å². The number of carbonyl (C=O) groups excluding carboxylic acids is 2. The van der Waals surface area contributed by atoms with Crippen LogP contribution in [0, 0.1) is 0 Å². The fourth-order valence-electron chi connectivity index (χ4n) is 2.54. The van der Waals surface area contributed by atoms with Gasteiger partial charge in [0, 0.05) is 0 Å². The lowest BCUT2D eigenvalue weighted by Crippen LogP contribution is -2.44. The molecule has 0 bridgehead atoms. The molecule has 1 heterocycles. The maximum absolute atomic E-state index is 12.3. The molecule has 3 amide bonds. The second-order valence-corrected chi connectivity index (χ2v) is 5.35. The van der Waals surface area contributed by atoms with Crippen molar-refractivity contribution in [2.75, 3.05) is 6.54 Å². The summed E-state index contributed by atoms with van der Waals surface area (Å²) in [7, 11) is 0. The molecule has 1 aliphatic rings. The van der Waals surface area contributed by atoms with Crippen molar-refractivity contribution in [3.63, 3.8) is 0 Å². The number of urea groups is 1. The molecule has 2 rings (SSSR count). The Morgan fingerprint density at radius 2 is 1.95 bits per heavy atom. The van der Waals surface area contributed by atoms with E-state index in [2.05, 4.69) is 5.32 Å². The molecule has 0 aliphatic carbocycles. The number of nitrogens with zero attached hydrogens (tertiary/aromatic N) is 1. The fourth-order valence-corrected chi connectivity index (χ4v) is 2.54. The maximum atomic E-state index is 12.3. The van der Waals surface area contributed by atoms with Crippen LogP contribution in [0.5, 0.6) is 0 Å². The first-order valence-corrected chi connectivity index (χ1v) is 6.85. The van der Waals surface area contributed by atoms with E-state index in [0.29, 0.717) is 12.0 Å². The van der Waals surface area contributed by atoms with Gasteiger partial charge in [-0.2, -0.15) is 0 Å². The summed E-state index contributed by atoms with van der Waals surface area (Å²) in [6.45, 7) is 3.67. The molecule has 5 nitrogen and oxygen atoms in total. The molecule has 108 valence electrons. The van der Waals surface area contributed by atoms with Gasteiger partial charge in [-0.1, -0.05) is 43.7 Å². The van der Waals surface area contributed by atoms with Crippen LogP contribution in [0.2, 0.25) is 0 Å². The summed E-state index contributed by atoms with van der Waals surface area (Å²) in [5.74, 6) is -0.265. The van der Waals surface area contributed by atoms with Gasteiger partial charge in [0.1, 0.15) is 5.54 Å². The van der Waals surface area contributed by atoms with Crippen molar-refractivity contribution in [2.45, 2.75) is 38.3 Å². The van der Waals surface area contributed by atoms with Gasteiger partial charge in [-0.25, -0.2) is 4.79 Å². The third kappa shape index (κ3) is 2.67. The van der Waals surface area contributed by atoms with Crippen molar-refractivity contribution in [1.29, 1.82) is 0 Å². The summed E-state index contributed by atoms with van der Waals surface area (Å²) in [5, 5.41) is 12.9. The van der Waals surface area contributed by atoms with Crippen molar-refractivity contribution in [1.82, 2.24) is 10.2 Å². The van der Waals surface area contributed by atoms with Crippen molar-refractivity contribution in [2.24, 2.45) is 0 Å².